The van der Waals surface area contributed by atoms with E-state index in [2.05, 4.69) is 10.1 Å². The number of aliphatic hydroxyl groups excluding tert-OH is 1. The molecule has 1 unspecified atom stereocenters. The van der Waals surface area contributed by atoms with Gasteiger partial charge in [-0.3, -0.25) is 13.9 Å². The van der Waals surface area contributed by atoms with Crippen LogP contribution in [0.1, 0.15) is 33.9 Å². The minimum Gasteiger partial charge on any atom is -0.461 e. The Balaban J connectivity index is 1.74. The van der Waals surface area contributed by atoms with Crippen LogP contribution in [0.4, 0.5) is 5.82 Å². The standard InChI is InChI=1S/C23H33N4O9P/c1-14(2)20(29)34-15(3)12-25-37(32,36-16-8-6-5-7-9-16)33-13-17-19(28)23(4,31)21(35-17)27-11-10-18(24)26-22(27)30/h5-11,14-15,17,19,21,28,31H,12-13H2,1-4H3,(H,25,32)(H2,24,26,30)/t15-,17+,19+,21+,23+,37?/m0/s1. The predicted molar refractivity (Wildman–Crippen MR) is 132 cm³/mol. The maximum atomic E-state index is 13.6. The highest BCUT2D eigenvalue weighted by atomic mass is 31.2. The molecule has 1 aromatic heterocycles. The summed E-state index contributed by atoms with van der Waals surface area (Å²) < 4.78 is 36.8. The van der Waals surface area contributed by atoms with Crippen molar-refractivity contribution in [3.63, 3.8) is 0 Å². The van der Waals surface area contributed by atoms with Gasteiger partial charge in [0.15, 0.2) is 6.23 Å². The summed E-state index contributed by atoms with van der Waals surface area (Å²) in [6.45, 7) is 5.74. The van der Waals surface area contributed by atoms with Crippen LogP contribution in [0.25, 0.3) is 0 Å². The lowest BCUT2D eigenvalue weighted by Gasteiger charge is -2.27. The SMILES string of the molecule is CC(C)C(=O)O[C@@H](C)CNP(=O)(OC[C@H]1O[C@@H](n2ccc(N)nc2=O)[C@](C)(O)[C@@H]1O)Oc1ccccc1. The number of para-hydroxylation sites is 1. The van der Waals surface area contributed by atoms with Crippen LogP contribution < -0.4 is 21.0 Å². The highest BCUT2D eigenvalue weighted by Gasteiger charge is 2.54. The molecule has 3 rings (SSSR count). The van der Waals surface area contributed by atoms with Crippen LogP contribution in [-0.2, 0) is 23.4 Å². The first-order valence-electron chi connectivity index (χ1n) is 11.7. The highest BCUT2D eigenvalue weighted by Crippen LogP contribution is 2.46. The van der Waals surface area contributed by atoms with Crippen LogP contribution in [-0.4, -0.2) is 62.8 Å². The fourth-order valence-electron chi connectivity index (χ4n) is 3.49. The van der Waals surface area contributed by atoms with Crippen LogP contribution in [0.5, 0.6) is 5.75 Å². The number of rotatable bonds is 11. The number of ether oxygens (including phenoxy) is 2. The zero-order valence-corrected chi connectivity index (χ0v) is 21.9. The topological polar surface area (TPSA) is 184 Å². The number of nitrogens with two attached hydrogens (primary N) is 1. The van der Waals surface area contributed by atoms with E-state index in [0.29, 0.717) is 0 Å². The molecule has 1 aliphatic rings. The molecule has 2 aromatic rings. The molecule has 14 heteroatoms. The second kappa shape index (κ2) is 11.7. The minimum atomic E-state index is -4.10. The Morgan fingerprint density at radius 3 is 2.59 bits per heavy atom. The van der Waals surface area contributed by atoms with Crippen LogP contribution >= 0.6 is 7.75 Å². The van der Waals surface area contributed by atoms with Crippen molar-refractivity contribution in [2.75, 3.05) is 18.9 Å². The molecular weight excluding hydrogens is 507 g/mol. The van der Waals surface area contributed by atoms with Crippen molar-refractivity contribution in [2.45, 2.75) is 57.8 Å². The lowest BCUT2D eigenvalue weighted by atomic mass is 9.96. The van der Waals surface area contributed by atoms with Gasteiger partial charge in [-0.1, -0.05) is 32.0 Å². The summed E-state index contributed by atoms with van der Waals surface area (Å²) in [5.41, 5.74) is 2.81. The van der Waals surface area contributed by atoms with E-state index in [1.54, 1.807) is 51.1 Å². The molecule has 37 heavy (non-hydrogen) atoms. The van der Waals surface area contributed by atoms with Gasteiger partial charge in [-0.15, -0.1) is 0 Å². The number of aliphatic hydroxyl groups is 2. The highest BCUT2D eigenvalue weighted by molar-refractivity contribution is 7.52. The number of anilines is 1. The van der Waals surface area contributed by atoms with Crippen LogP contribution in [0.15, 0.2) is 47.4 Å². The molecule has 13 nitrogen and oxygen atoms in total. The molecule has 1 aliphatic heterocycles. The van der Waals surface area contributed by atoms with Crippen molar-refractivity contribution in [3.8, 4) is 5.75 Å². The Morgan fingerprint density at radius 1 is 1.30 bits per heavy atom. The van der Waals surface area contributed by atoms with Gasteiger partial charge in [-0.25, -0.2) is 14.4 Å². The Morgan fingerprint density at radius 2 is 1.97 bits per heavy atom. The van der Waals surface area contributed by atoms with Crippen LogP contribution in [0.3, 0.4) is 0 Å². The minimum absolute atomic E-state index is 0.0160. The predicted octanol–water partition coefficient (Wildman–Crippen LogP) is 1.22. The van der Waals surface area contributed by atoms with Crippen molar-refractivity contribution in [2.24, 2.45) is 5.92 Å². The average Bonchev–Trinajstić information content (AvgIpc) is 3.05. The van der Waals surface area contributed by atoms with Crippen molar-refractivity contribution in [3.05, 3.63) is 53.1 Å². The number of nitrogens with zero attached hydrogens (tertiary/aromatic N) is 2. The van der Waals surface area contributed by atoms with Gasteiger partial charge < -0.3 is 29.9 Å². The van der Waals surface area contributed by atoms with E-state index >= 15 is 0 Å². The second-order valence-corrected chi connectivity index (χ2v) is 11.0. The van der Waals surface area contributed by atoms with E-state index in [4.69, 9.17) is 24.3 Å². The summed E-state index contributed by atoms with van der Waals surface area (Å²) in [6.07, 6.45) is -3.43. The van der Waals surface area contributed by atoms with Crippen LogP contribution in [0.2, 0.25) is 0 Å². The number of nitrogen functional groups attached to an aromatic ring is 1. The normalized spacial score (nSPS) is 26.0. The number of nitrogens with one attached hydrogen (secondary N) is 1. The summed E-state index contributed by atoms with van der Waals surface area (Å²) >= 11 is 0. The van der Waals surface area contributed by atoms with E-state index in [1.165, 1.54) is 19.2 Å². The molecule has 1 saturated heterocycles. The van der Waals surface area contributed by atoms with Gasteiger partial charge in [0.05, 0.1) is 12.5 Å². The van der Waals surface area contributed by atoms with Gasteiger partial charge in [0.1, 0.15) is 35.5 Å². The summed E-state index contributed by atoms with van der Waals surface area (Å²) in [7, 11) is -4.10. The van der Waals surface area contributed by atoms with Crippen molar-refractivity contribution < 1.29 is 38.1 Å². The fraction of sp³-hybridized carbons (Fsp3) is 0.522. The smallest absolute Gasteiger partial charge is 0.458 e. The van der Waals surface area contributed by atoms with Gasteiger partial charge in [-0.05, 0) is 32.0 Å². The van der Waals surface area contributed by atoms with Gasteiger partial charge in [0, 0.05) is 12.7 Å². The van der Waals surface area contributed by atoms with E-state index < -0.39 is 56.2 Å². The number of hydrogen-bond acceptors (Lipinski definition) is 11. The number of aromatic nitrogens is 2. The molecule has 5 N–H and O–H groups in total. The second-order valence-electron chi connectivity index (χ2n) is 9.20. The van der Waals surface area contributed by atoms with Crippen molar-refractivity contribution >= 4 is 19.5 Å². The molecule has 1 aromatic carbocycles. The number of benzene rings is 1. The number of esters is 1. The quantitative estimate of drug-likeness (QED) is 0.236. The van der Waals surface area contributed by atoms with Crippen molar-refractivity contribution in [1.29, 1.82) is 0 Å². The largest absolute Gasteiger partial charge is 0.461 e. The van der Waals surface area contributed by atoms with Gasteiger partial charge in [-0.2, -0.15) is 4.98 Å². The molecule has 2 heterocycles. The molecule has 0 saturated carbocycles. The third-order valence-electron chi connectivity index (χ3n) is 5.60. The van der Waals surface area contributed by atoms with E-state index in [9.17, 15) is 24.4 Å². The molecular formula is C23H33N4O9P. The Labute approximate surface area is 214 Å². The Kier molecular flexibility index (Phi) is 9.11. The lowest BCUT2D eigenvalue weighted by molar-refractivity contribution is -0.151. The molecule has 6 atom stereocenters. The summed E-state index contributed by atoms with van der Waals surface area (Å²) in [5.74, 6) is -0.533. The van der Waals surface area contributed by atoms with Gasteiger partial charge in [0.2, 0.25) is 0 Å². The molecule has 0 bridgehead atoms. The first-order chi connectivity index (χ1) is 17.3. The first-order valence-corrected chi connectivity index (χ1v) is 13.2. The molecule has 0 amide bonds. The lowest BCUT2D eigenvalue weighted by Crippen LogP contribution is -2.46. The third kappa shape index (κ3) is 7.16. The molecule has 0 spiro atoms. The van der Waals surface area contributed by atoms with Gasteiger partial charge in [0.25, 0.3) is 0 Å². The summed E-state index contributed by atoms with van der Waals surface area (Å²) in [4.78, 5) is 27.8. The zero-order valence-electron chi connectivity index (χ0n) is 21.0. The number of carbonyl (C=O) groups excluding carboxylic acids is 1. The van der Waals surface area contributed by atoms with Gasteiger partial charge >= 0.3 is 19.4 Å². The Hall–Kier alpha value is -2.80. The number of hydrogen-bond donors (Lipinski definition) is 4. The fourth-order valence-corrected chi connectivity index (χ4v) is 4.93. The maximum absolute atomic E-state index is 13.6. The monoisotopic (exact) mass is 540 g/mol. The molecule has 1 fully saturated rings. The van der Waals surface area contributed by atoms with E-state index in [0.717, 1.165) is 4.57 Å². The molecule has 0 aliphatic carbocycles. The summed E-state index contributed by atoms with van der Waals surface area (Å²) in [6, 6.07) is 9.59. The molecule has 204 valence electrons. The van der Waals surface area contributed by atoms with Crippen LogP contribution in [0, 0.1) is 5.92 Å². The summed E-state index contributed by atoms with van der Waals surface area (Å²) in [5, 5.41) is 24.3. The number of carbonyl (C=O) groups is 1. The first kappa shape index (κ1) is 28.8. The average molecular weight is 541 g/mol. The van der Waals surface area contributed by atoms with Crippen molar-refractivity contribution in [1.82, 2.24) is 14.6 Å². The zero-order chi connectivity index (χ0) is 27.4. The third-order valence-corrected chi connectivity index (χ3v) is 7.11. The Bertz CT molecular complexity index is 1170. The molecule has 0 radical (unpaired) electrons. The van der Waals surface area contributed by atoms with E-state index in [1.807, 2.05) is 0 Å². The maximum Gasteiger partial charge on any atom is 0.458 e. The van der Waals surface area contributed by atoms with E-state index in [-0.39, 0.29) is 24.0 Å².